The van der Waals surface area contributed by atoms with E-state index in [0.29, 0.717) is 18.5 Å². The molecule has 3 nitrogen and oxygen atoms in total. The van der Waals surface area contributed by atoms with Crippen LogP contribution in [0.15, 0.2) is 24.3 Å². The topological polar surface area (TPSA) is 38.3 Å². The van der Waals surface area contributed by atoms with Gasteiger partial charge in [0.15, 0.2) is 0 Å². The van der Waals surface area contributed by atoms with E-state index in [4.69, 9.17) is 0 Å². The highest BCUT2D eigenvalue weighted by Gasteiger charge is 2.30. The van der Waals surface area contributed by atoms with Crippen molar-refractivity contribution in [3.63, 3.8) is 0 Å². The lowest BCUT2D eigenvalue weighted by molar-refractivity contribution is -0.274. The Morgan fingerprint density at radius 1 is 1.42 bits per heavy atom. The largest absolute Gasteiger partial charge is 0.573 e. The summed E-state index contributed by atoms with van der Waals surface area (Å²) < 4.78 is 39.8. The fourth-order valence-corrected chi connectivity index (χ4v) is 1.24. The Morgan fingerprint density at radius 3 is 2.79 bits per heavy atom. The molecule has 1 N–H and O–H groups in total. The second kappa shape index (κ2) is 6.69. The number of hydrogen-bond acceptors (Lipinski definition) is 2. The highest BCUT2D eigenvalue weighted by atomic mass is 19.4. The molecule has 0 saturated carbocycles. The summed E-state index contributed by atoms with van der Waals surface area (Å²) in [5, 5.41) is 2.56. The van der Waals surface area contributed by atoms with Crippen molar-refractivity contribution in [1.29, 1.82) is 0 Å². The van der Waals surface area contributed by atoms with Gasteiger partial charge in [-0.25, -0.2) is 0 Å². The molecule has 1 amide bonds. The first kappa shape index (κ1) is 14.9. The van der Waals surface area contributed by atoms with E-state index in [0.717, 1.165) is 0 Å². The molecule has 0 atom stereocenters. The Labute approximate surface area is 108 Å². The average Bonchev–Trinajstić information content (AvgIpc) is 2.26. The van der Waals surface area contributed by atoms with E-state index < -0.39 is 6.36 Å². The minimum atomic E-state index is -4.71. The lowest BCUT2D eigenvalue weighted by Crippen LogP contribution is -2.20. The number of carbonyl (C=O) groups excluding carboxylic acids is 1. The number of ether oxygens (including phenoxy) is 1. The third-order valence-electron chi connectivity index (χ3n) is 1.92. The van der Waals surface area contributed by atoms with Crippen LogP contribution in [0, 0.1) is 11.8 Å². The molecule has 0 aromatic heterocycles. The van der Waals surface area contributed by atoms with Crippen LogP contribution in [-0.2, 0) is 4.79 Å². The molecule has 0 saturated heterocycles. The highest BCUT2D eigenvalue weighted by Crippen LogP contribution is 2.22. The van der Waals surface area contributed by atoms with Crippen molar-refractivity contribution < 1.29 is 22.7 Å². The van der Waals surface area contributed by atoms with E-state index in [1.54, 1.807) is 6.07 Å². The second-order valence-corrected chi connectivity index (χ2v) is 3.61. The van der Waals surface area contributed by atoms with Crippen molar-refractivity contribution in [3.05, 3.63) is 29.8 Å². The average molecular weight is 271 g/mol. The molecule has 19 heavy (non-hydrogen) atoms. The van der Waals surface area contributed by atoms with Crippen LogP contribution in [0.5, 0.6) is 5.75 Å². The third-order valence-corrected chi connectivity index (χ3v) is 1.92. The van der Waals surface area contributed by atoms with Crippen molar-refractivity contribution in [2.24, 2.45) is 0 Å². The molecule has 0 heterocycles. The van der Waals surface area contributed by atoms with Gasteiger partial charge in [-0.05, 0) is 18.2 Å². The number of alkyl halides is 3. The summed E-state index contributed by atoms with van der Waals surface area (Å²) in [6, 6.07) is 5.42. The van der Waals surface area contributed by atoms with E-state index in [1.807, 2.05) is 0 Å². The van der Waals surface area contributed by atoms with Gasteiger partial charge in [0, 0.05) is 25.5 Å². The Hall–Kier alpha value is -2.16. The van der Waals surface area contributed by atoms with Crippen LogP contribution in [0.4, 0.5) is 13.2 Å². The SMILES string of the molecule is CC(=O)NCCC#Cc1cccc(OC(F)(F)F)c1. The van der Waals surface area contributed by atoms with Gasteiger partial charge in [-0.2, -0.15) is 0 Å². The summed E-state index contributed by atoms with van der Waals surface area (Å²) in [5.74, 6) is 4.99. The van der Waals surface area contributed by atoms with E-state index in [9.17, 15) is 18.0 Å². The minimum Gasteiger partial charge on any atom is -0.406 e. The standard InChI is InChI=1S/C13H12F3NO2/c1-10(18)17-8-3-2-5-11-6-4-7-12(9-11)19-13(14,15)16/h4,6-7,9H,3,8H2,1H3,(H,17,18). The van der Waals surface area contributed by atoms with Gasteiger partial charge >= 0.3 is 6.36 Å². The van der Waals surface area contributed by atoms with E-state index in [2.05, 4.69) is 21.9 Å². The Balaban J connectivity index is 2.57. The molecule has 0 aliphatic rings. The smallest absolute Gasteiger partial charge is 0.406 e. The Kier molecular flexibility index (Phi) is 5.24. The number of rotatable bonds is 3. The van der Waals surface area contributed by atoms with Gasteiger partial charge in [0.25, 0.3) is 0 Å². The number of amides is 1. The van der Waals surface area contributed by atoms with Crippen LogP contribution < -0.4 is 10.1 Å². The minimum absolute atomic E-state index is 0.151. The summed E-state index contributed by atoms with van der Waals surface area (Å²) in [4.78, 5) is 10.6. The summed E-state index contributed by atoms with van der Waals surface area (Å²) in [6.07, 6.45) is -4.29. The van der Waals surface area contributed by atoms with Gasteiger partial charge in [-0.1, -0.05) is 17.9 Å². The van der Waals surface area contributed by atoms with Crippen molar-refractivity contribution >= 4 is 5.91 Å². The molecule has 0 spiro atoms. The van der Waals surface area contributed by atoms with Crippen LogP contribution >= 0.6 is 0 Å². The normalized spacial score (nSPS) is 10.3. The van der Waals surface area contributed by atoms with E-state index in [1.165, 1.54) is 25.1 Å². The molecule has 0 radical (unpaired) electrons. The maximum Gasteiger partial charge on any atom is 0.573 e. The van der Waals surface area contributed by atoms with Crippen molar-refractivity contribution in [2.75, 3.05) is 6.54 Å². The second-order valence-electron chi connectivity index (χ2n) is 3.61. The third kappa shape index (κ3) is 6.99. The first-order chi connectivity index (χ1) is 8.87. The first-order valence-electron chi connectivity index (χ1n) is 5.46. The fraction of sp³-hybridized carbons (Fsp3) is 0.308. The van der Waals surface area contributed by atoms with Gasteiger partial charge in [0.2, 0.25) is 5.91 Å². The summed E-state index contributed by atoms with van der Waals surface area (Å²) >= 11 is 0. The van der Waals surface area contributed by atoms with E-state index >= 15 is 0 Å². The molecule has 0 unspecified atom stereocenters. The predicted molar refractivity (Wildman–Crippen MR) is 63.3 cm³/mol. The predicted octanol–water partition coefficient (Wildman–Crippen LogP) is 2.46. The molecule has 1 aromatic carbocycles. The highest BCUT2D eigenvalue weighted by molar-refractivity contribution is 5.72. The molecule has 0 aliphatic heterocycles. The van der Waals surface area contributed by atoms with Crippen molar-refractivity contribution in [2.45, 2.75) is 19.7 Å². The molecule has 0 bridgehead atoms. The van der Waals surface area contributed by atoms with Crippen LogP contribution in [0.1, 0.15) is 18.9 Å². The van der Waals surface area contributed by atoms with Crippen molar-refractivity contribution in [3.8, 4) is 17.6 Å². The molecule has 1 rings (SSSR count). The quantitative estimate of drug-likeness (QED) is 0.677. The Morgan fingerprint density at radius 2 is 2.16 bits per heavy atom. The summed E-state index contributed by atoms with van der Waals surface area (Å²) in [5.41, 5.74) is 0.421. The van der Waals surface area contributed by atoms with Gasteiger partial charge in [-0.3, -0.25) is 4.79 Å². The lowest BCUT2D eigenvalue weighted by Gasteiger charge is -2.08. The number of hydrogen-bond donors (Lipinski definition) is 1. The molecular weight excluding hydrogens is 259 g/mol. The molecule has 1 aromatic rings. The van der Waals surface area contributed by atoms with Gasteiger partial charge in [0.05, 0.1) is 0 Å². The molecule has 0 fully saturated rings. The van der Waals surface area contributed by atoms with Crippen LogP contribution in [0.2, 0.25) is 0 Å². The number of benzene rings is 1. The van der Waals surface area contributed by atoms with Gasteiger partial charge < -0.3 is 10.1 Å². The van der Waals surface area contributed by atoms with E-state index in [-0.39, 0.29) is 11.7 Å². The summed E-state index contributed by atoms with van der Waals surface area (Å²) in [7, 11) is 0. The Bertz CT molecular complexity index is 501. The lowest BCUT2D eigenvalue weighted by atomic mass is 10.2. The molecule has 6 heteroatoms. The molecule has 102 valence electrons. The fourth-order valence-electron chi connectivity index (χ4n) is 1.24. The number of halogens is 3. The molecule has 0 aliphatic carbocycles. The zero-order chi connectivity index (χ0) is 14.3. The van der Waals surface area contributed by atoms with Crippen LogP contribution in [0.3, 0.4) is 0 Å². The zero-order valence-corrected chi connectivity index (χ0v) is 10.2. The first-order valence-corrected chi connectivity index (χ1v) is 5.46. The van der Waals surface area contributed by atoms with Gasteiger partial charge in [-0.15, -0.1) is 13.2 Å². The van der Waals surface area contributed by atoms with Crippen LogP contribution in [-0.4, -0.2) is 18.8 Å². The number of nitrogens with one attached hydrogen (secondary N) is 1. The monoisotopic (exact) mass is 271 g/mol. The zero-order valence-electron chi connectivity index (χ0n) is 10.2. The van der Waals surface area contributed by atoms with Crippen molar-refractivity contribution in [1.82, 2.24) is 5.32 Å². The maximum absolute atomic E-state index is 12.0. The molecular formula is C13H12F3NO2. The number of carbonyl (C=O) groups is 1. The van der Waals surface area contributed by atoms with Crippen LogP contribution in [0.25, 0.3) is 0 Å². The maximum atomic E-state index is 12.0. The summed E-state index contributed by atoms with van der Waals surface area (Å²) in [6.45, 7) is 1.80. The van der Waals surface area contributed by atoms with Gasteiger partial charge in [0.1, 0.15) is 5.75 Å².